The molecular formula is C17H31NO3. The van der Waals surface area contributed by atoms with Crippen molar-refractivity contribution in [3.8, 4) is 0 Å². The van der Waals surface area contributed by atoms with Crippen molar-refractivity contribution in [3.63, 3.8) is 0 Å². The quantitative estimate of drug-likeness (QED) is 0.745. The molecule has 1 saturated carbocycles. The van der Waals surface area contributed by atoms with Gasteiger partial charge in [-0.25, -0.2) is 0 Å². The first-order valence-electron chi connectivity index (χ1n) is 8.40. The topological polar surface area (TPSA) is 57.6 Å². The number of aliphatic carboxylic acids is 1. The van der Waals surface area contributed by atoms with Crippen LogP contribution in [0, 0.1) is 17.8 Å². The highest BCUT2D eigenvalue weighted by Crippen LogP contribution is 2.27. The molecule has 0 aromatic carbocycles. The summed E-state index contributed by atoms with van der Waals surface area (Å²) < 4.78 is 0. The lowest BCUT2D eigenvalue weighted by Crippen LogP contribution is -2.39. The molecule has 122 valence electrons. The van der Waals surface area contributed by atoms with Crippen LogP contribution in [0.25, 0.3) is 0 Å². The van der Waals surface area contributed by atoms with Gasteiger partial charge in [-0.3, -0.25) is 9.59 Å². The average Bonchev–Trinajstić information content (AvgIpc) is 2.43. The normalized spacial score (nSPS) is 17.7. The summed E-state index contributed by atoms with van der Waals surface area (Å²) in [4.78, 5) is 25.3. The van der Waals surface area contributed by atoms with Gasteiger partial charge in [0.05, 0.1) is 5.92 Å². The number of hydrogen-bond donors (Lipinski definition) is 1. The maximum atomic E-state index is 12.5. The van der Waals surface area contributed by atoms with Crippen molar-refractivity contribution < 1.29 is 14.7 Å². The van der Waals surface area contributed by atoms with Crippen molar-refractivity contribution in [3.05, 3.63) is 0 Å². The Hall–Kier alpha value is -1.06. The fourth-order valence-electron chi connectivity index (χ4n) is 2.91. The van der Waals surface area contributed by atoms with E-state index in [0.29, 0.717) is 31.3 Å². The summed E-state index contributed by atoms with van der Waals surface area (Å²) in [5.74, 6) is -0.138. The molecule has 0 aromatic rings. The van der Waals surface area contributed by atoms with E-state index in [1.807, 2.05) is 0 Å². The highest BCUT2D eigenvalue weighted by Gasteiger charge is 2.24. The molecule has 0 heterocycles. The Balaban J connectivity index is 2.55. The Kier molecular flexibility index (Phi) is 7.76. The average molecular weight is 297 g/mol. The molecule has 0 radical (unpaired) electrons. The molecule has 1 aliphatic rings. The zero-order valence-electron chi connectivity index (χ0n) is 13.8. The Morgan fingerprint density at radius 1 is 1.14 bits per heavy atom. The second kappa shape index (κ2) is 9.06. The predicted molar refractivity (Wildman–Crippen MR) is 84.0 cm³/mol. The molecule has 4 nitrogen and oxygen atoms in total. The predicted octanol–water partition coefficient (Wildman–Crippen LogP) is 3.55. The molecule has 0 aromatic heterocycles. The lowest BCUT2D eigenvalue weighted by atomic mass is 9.86. The molecule has 0 saturated heterocycles. The third-order valence-corrected chi connectivity index (χ3v) is 4.43. The largest absolute Gasteiger partial charge is 0.481 e. The highest BCUT2D eigenvalue weighted by atomic mass is 16.4. The summed E-state index contributed by atoms with van der Waals surface area (Å²) in [7, 11) is 0. The number of carbonyl (C=O) groups excluding carboxylic acids is 1. The third-order valence-electron chi connectivity index (χ3n) is 4.43. The molecule has 0 spiro atoms. The molecule has 1 rings (SSSR count). The Morgan fingerprint density at radius 3 is 2.29 bits per heavy atom. The fraction of sp³-hybridized carbons (Fsp3) is 0.882. The summed E-state index contributed by atoms with van der Waals surface area (Å²) >= 11 is 0. The molecule has 0 aliphatic heterocycles. The summed E-state index contributed by atoms with van der Waals surface area (Å²) in [6.45, 7) is 6.96. The Bertz CT molecular complexity index is 335. The van der Waals surface area contributed by atoms with Crippen LogP contribution in [0.5, 0.6) is 0 Å². The van der Waals surface area contributed by atoms with Gasteiger partial charge in [-0.15, -0.1) is 0 Å². The first-order valence-corrected chi connectivity index (χ1v) is 8.40. The minimum Gasteiger partial charge on any atom is -0.481 e. The molecule has 0 bridgehead atoms. The molecule has 21 heavy (non-hydrogen) atoms. The number of carboxylic acid groups (broad SMARTS) is 1. The lowest BCUT2D eigenvalue weighted by Gasteiger charge is -2.28. The van der Waals surface area contributed by atoms with Gasteiger partial charge >= 0.3 is 5.97 Å². The van der Waals surface area contributed by atoms with Crippen LogP contribution in [0.3, 0.4) is 0 Å². The number of nitrogens with zero attached hydrogens (tertiary/aromatic N) is 1. The second-order valence-corrected chi connectivity index (χ2v) is 6.97. The summed E-state index contributed by atoms with van der Waals surface area (Å²) in [6, 6.07) is 0. The van der Waals surface area contributed by atoms with Crippen LogP contribution in [0.2, 0.25) is 0 Å². The molecule has 1 fully saturated rings. The first-order chi connectivity index (χ1) is 9.90. The standard InChI is InChI=1S/C17H31NO3/c1-13(2)9-10-18(12-14(3)17(20)21)16(19)11-15-7-5-4-6-8-15/h13-15H,4-12H2,1-3H3,(H,20,21). The van der Waals surface area contributed by atoms with E-state index in [-0.39, 0.29) is 5.91 Å². The maximum absolute atomic E-state index is 12.5. The first kappa shape index (κ1) is 18.0. The van der Waals surface area contributed by atoms with Crippen LogP contribution < -0.4 is 0 Å². The van der Waals surface area contributed by atoms with E-state index < -0.39 is 11.9 Å². The van der Waals surface area contributed by atoms with Crippen molar-refractivity contribution in [1.82, 2.24) is 4.90 Å². The van der Waals surface area contributed by atoms with Crippen molar-refractivity contribution in [2.45, 2.75) is 65.7 Å². The smallest absolute Gasteiger partial charge is 0.308 e. The molecule has 1 atom stereocenters. The van der Waals surface area contributed by atoms with E-state index in [1.54, 1.807) is 11.8 Å². The molecular weight excluding hydrogens is 266 g/mol. The van der Waals surface area contributed by atoms with E-state index in [9.17, 15) is 9.59 Å². The maximum Gasteiger partial charge on any atom is 0.308 e. The van der Waals surface area contributed by atoms with Gasteiger partial charge in [0.1, 0.15) is 0 Å². The van der Waals surface area contributed by atoms with Crippen LogP contribution in [0.15, 0.2) is 0 Å². The van der Waals surface area contributed by atoms with Gasteiger partial charge < -0.3 is 10.0 Å². The van der Waals surface area contributed by atoms with Gasteiger partial charge in [0, 0.05) is 19.5 Å². The van der Waals surface area contributed by atoms with Crippen LogP contribution in [-0.2, 0) is 9.59 Å². The summed E-state index contributed by atoms with van der Waals surface area (Å²) in [5.41, 5.74) is 0. The minimum absolute atomic E-state index is 0.149. The van der Waals surface area contributed by atoms with Crippen LogP contribution in [0.1, 0.15) is 65.7 Å². The van der Waals surface area contributed by atoms with E-state index in [1.165, 1.54) is 19.3 Å². The fourth-order valence-corrected chi connectivity index (χ4v) is 2.91. The van der Waals surface area contributed by atoms with Crippen LogP contribution in [-0.4, -0.2) is 35.0 Å². The molecule has 1 N–H and O–H groups in total. The molecule has 1 aliphatic carbocycles. The van der Waals surface area contributed by atoms with E-state index >= 15 is 0 Å². The Morgan fingerprint density at radius 2 is 1.76 bits per heavy atom. The molecule has 1 unspecified atom stereocenters. The number of amides is 1. The van der Waals surface area contributed by atoms with Gasteiger partial charge in [-0.2, -0.15) is 0 Å². The summed E-state index contributed by atoms with van der Waals surface area (Å²) in [5, 5.41) is 9.07. The number of rotatable bonds is 8. The van der Waals surface area contributed by atoms with Gasteiger partial charge in [-0.05, 0) is 31.1 Å². The van der Waals surface area contributed by atoms with E-state index in [2.05, 4.69) is 13.8 Å². The van der Waals surface area contributed by atoms with Gasteiger partial charge in [0.25, 0.3) is 0 Å². The van der Waals surface area contributed by atoms with Crippen molar-refractivity contribution in [1.29, 1.82) is 0 Å². The van der Waals surface area contributed by atoms with Gasteiger partial charge in [-0.1, -0.05) is 40.0 Å². The van der Waals surface area contributed by atoms with Crippen LogP contribution in [0.4, 0.5) is 0 Å². The van der Waals surface area contributed by atoms with Gasteiger partial charge in [0.15, 0.2) is 0 Å². The summed E-state index contributed by atoms with van der Waals surface area (Å²) in [6.07, 6.45) is 7.59. The monoisotopic (exact) mass is 297 g/mol. The van der Waals surface area contributed by atoms with E-state index in [4.69, 9.17) is 5.11 Å². The zero-order chi connectivity index (χ0) is 15.8. The SMILES string of the molecule is CC(C)CCN(CC(C)C(=O)O)C(=O)CC1CCCCC1. The molecule has 1 amide bonds. The van der Waals surface area contributed by atoms with Crippen molar-refractivity contribution >= 4 is 11.9 Å². The van der Waals surface area contributed by atoms with Crippen molar-refractivity contribution in [2.24, 2.45) is 17.8 Å². The lowest BCUT2D eigenvalue weighted by molar-refractivity contribution is -0.143. The minimum atomic E-state index is -0.824. The van der Waals surface area contributed by atoms with Gasteiger partial charge in [0.2, 0.25) is 5.91 Å². The van der Waals surface area contributed by atoms with Crippen LogP contribution >= 0.6 is 0 Å². The second-order valence-electron chi connectivity index (χ2n) is 6.97. The Labute approximate surface area is 128 Å². The number of carboxylic acids is 1. The zero-order valence-corrected chi connectivity index (χ0v) is 13.8. The third kappa shape index (κ3) is 6.96. The highest BCUT2D eigenvalue weighted by molar-refractivity contribution is 5.77. The van der Waals surface area contributed by atoms with E-state index in [0.717, 1.165) is 19.3 Å². The number of hydrogen-bond acceptors (Lipinski definition) is 2. The number of carbonyl (C=O) groups is 2. The van der Waals surface area contributed by atoms with Crippen molar-refractivity contribution in [2.75, 3.05) is 13.1 Å². The molecule has 4 heteroatoms.